The van der Waals surface area contributed by atoms with Gasteiger partial charge in [0, 0.05) is 18.1 Å². The van der Waals surface area contributed by atoms with Crippen LogP contribution in [0.4, 0.5) is 11.4 Å². The van der Waals surface area contributed by atoms with Crippen molar-refractivity contribution >= 4 is 44.8 Å². The number of non-ortho nitro benzene ring substituents is 1. The van der Waals surface area contributed by atoms with Gasteiger partial charge in [0.15, 0.2) is 0 Å². The van der Waals surface area contributed by atoms with Gasteiger partial charge in [0.1, 0.15) is 22.1 Å². The van der Waals surface area contributed by atoms with Crippen LogP contribution in [0.5, 0.6) is 0 Å². The molecule has 2 N–H and O–H groups in total. The van der Waals surface area contributed by atoms with Crippen molar-refractivity contribution in [1.82, 2.24) is 9.55 Å². The van der Waals surface area contributed by atoms with Crippen LogP contribution in [0.15, 0.2) is 23.0 Å². The first-order valence-corrected chi connectivity index (χ1v) is 10.1. The van der Waals surface area contributed by atoms with E-state index in [1.54, 1.807) is 6.92 Å². The van der Waals surface area contributed by atoms with E-state index in [0.29, 0.717) is 21.8 Å². The van der Waals surface area contributed by atoms with Crippen molar-refractivity contribution in [1.29, 1.82) is 0 Å². The predicted octanol–water partition coefficient (Wildman–Crippen LogP) is 3.44. The molecular weight excluding hydrogens is 424 g/mol. The number of aryl methyl sites for hydroxylation is 2. The van der Waals surface area contributed by atoms with Gasteiger partial charge in [-0.05, 0) is 25.0 Å². The molecule has 1 amide bonds. The molecule has 162 valence electrons. The summed E-state index contributed by atoms with van der Waals surface area (Å²) in [5.74, 6) is -1.56. The van der Waals surface area contributed by atoms with E-state index in [4.69, 9.17) is 0 Å². The molecule has 10 nitrogen and oxygen atoms in total. The molecule has 0 bridgehead atoms. The molecule has 2 heterocycles. The van der Waals surface area contributed by atoms with E-state index in [-0.39, 0.29) is 34.1 Å². The second-order valence-electron chi connectivity index (χ2n) is 7.36. The molecule has 2 aromatic heterocycles. The van der Waals surface area contributed by atoms with Gasteiger partial charge in [-0.15, -0.1) is 11.3 Å². The van der Waals surface area contributed by atoms with Crippen LogP contribution in [0.2, 0.25) is 0 Å². The van der Waals surface area contributed by atoms with E-state index in [1.165, 1.54) is 29.7 Å². The van der Waals surface area contributed by atoms with Crippen LogP contribution in [0.25, 0.3) is 10.2 Å². The lowest BCUT2D eigenvalue weighted by atomic mass is 10.1. The Kier molecular flexibility index (Phi) is 5.89. The highest BCUT2D eigenvalue weighted by Crippen LogP contribution is 2.28. The highest BCUT2D eigenvalue weighted by Gasteiger charge is 2.23. The Morgan fingerprint density at radius 1 is 1.32 bits per heavy atom. The van der Waals surface area contributed by atoms with Gasteiger partial charge in [-0.25, -0.2) is 9.78 Å². The number of carbonyl (C=O) groups excluding carboxylic acids is 1. The standard InChI is InChI=1S/C20H20N4O6S/c1-9(2)17-22-18-15(11(4)16(31-18)20(27)28)19(26)23(17)8-14(25)21-13-7-12(24(29)30)6-5-10(13)3/h5-7,9H,8H2,1-4H3,(H,21,25)(H,27,28). The third-order valence-corrected chi connectivity index (χ3v) is 5.97. The van der Waals surface area contributed by atoms with Crippen molar-refractivity contribution in [2.45, 2.75) is 40.2 Å². The number of rotatable bonds is 6. The fraction of sp³-hybridized carbons (Fsp3) is 0.300. The van der Waals surface area contributed by atoms with Gasteiger partial charge in [-0.1, -0.05) is 19.9 Å². The first kappa shape index (κ1) is 22.1. The maximum Gasteiger partial charge on any atom is 0.346 e. The van der Waals surface area contributed by atoms with Crippen molar-refractivity contribution in [3.63, 3.8) is 0 Å². The fourth-order valence-corrected chi connectivity index (χ4v) is 4.24. The zero-order chi connectivity index (χ0) is 23.0. The summed E-state index contributed by atoms with van der Waals surface area (Å²) in [6.07, 6.45) is 0. The Morgan fingerprint density at radius 3 is 2.58 bits per heavy atom. The van der Waals surface area contributed by atoms with Crippen LogP contribution in [0, 0.1) is 24.0 Å². The number of anilines is 1. The summed E-state index contributed by atoms with van der Waals surface area (Å²) < 4.78 is 1.22. The fourth-order valence-electron chi connectivity index (χ4n) is 3.22. The van der Waals surface area contributed by atoms with Crippen LogP contribution in [0.1, 0.15) is 46.4 Å². The van der Waals surface area contributed by atoms with Crippen LogP contribution in [0.3, 0.4) is 0 Å². The summed E-state index contributed by atoms with van der Waals surface area (Å²) in [5.41, 5.74) is 0.542. The average molecular weight is 444 g/mol. The molecule has 3 rings (SSSR count). The number of amides is 1. The van der Waals surface area contributed by atoms with E-state index >= 15 is 0 Å². The minimum Gasteiger partial charge on any atom is -0.477 e. The Morgan fingerprint density at radius 2 is 2.00 bits per heavy atom. The Labute approximate surface area is 180 Å². The van der Waals surface area contributed by atoms with Gasteiger partial charge in [0.2, 0.25) is 5.91 Å². The molecule has 0 aliphatic rings. The quantitative estimate of drug-likeness (QED) is 0.437. The lowest BCUT2D eigenvalue weighted by Gasteiger charge is -2.15. The number of aromatic nitrogens is 2. The first-order chi connectivity index (χ1) is 14.5. The molecular formula is C20H20N4O6S. The number of fused-ring (bicyclic) bond motifs is 1. The maximum absolute atomic E-state index is 13.2. The number of carboxylic acid groups (broad SMARTS) is 1. The number of thiophene rings is 1. The number of nitrogens with one attached hydrogen (secondary N) is 1. The minimum absolute atomic E-state index is 0.0312. The van der Waals surface area contributed by atoms with E-state index in [0.717, 1.165) is 11.3 Å². The highest BCUT2D eigenvalue weighted by molar-refractivity contribution is 7.20. The number of nitro groups is 1. The molecule has 0 radical (unpaired) electrons. The zero-order valence-electron chi connectivity index (χ0n) is 17.3. The van der Waals surface area contributed by atoms with Gasteiger partial charge in [0.25, 0.3) is 11.2 Å². The Hall–Kier alpha value is -3.60. The number of carboxylic acids is 1. The van der Waals surface area contributed by atoms with Crippen LogP contribution in [-0.4, -0.2) is 31.5 Å². The summed E-state index contributed by atoms with van der Waals surface area (Å²) in [4.78, 5) is 52.6. The van der Waals surface area contributed by atoms with Gasteiger partial charge in [-0.3, -0.25) is 24.3 Å². The number of hydrogen-bond donors (Lipinski definition) is 2. The average Bonchev–Trinajstić information content (AvgIpc) is 3.02. The van der Waals surface area contributed by atoms with Crippen molar-refractivity contribution in [2.24, 2.45) is 0 Å². The second-order valence-corrected chi connectivity index (χ2v) is 8.36. The number of aromatic carboxylic acids is 1. The van der Waals surface area contributed by atoms with Crippen molar-refractivity contribution < 1.29 is 19.6 Å². The van der Waals surface area contributed by atoms with Crippen LogP contribution in [-0.2, 0) is 11.3 Å². The Bertz CT molecular complexity index is 1290. The number of carbonyl (C=O) groups is 2. The molecule has 0 fully saturated rings. The SMILES string of the molecule is Cc1ccc([N+](=O)[O-])cc1NC(=O)Cn1c(C(C)C)nc2sc(C(=O)O)c(C)c2c1=O. The maximum atomic E-state index is 13.2. The molecule has 0 unspecified atom stereocenters. The second kappa shape index (κ2) is 8.26. The number of nitro benzene ring substituents is 1. The molecule has 0 saturated carbocycles. The van der Waals surface area contributed by atoms with Crippen molar-refractivity contribution in [2.75, 3.05) is 5.32 Å². The first-order valence-electron chi connectivity index (χ1n) is 9.33. The van der Waals surface area contributed by atoms with Gasteiger partial charge in [-0.2, -0.15) is 0 Å². The minimum atomic E-state index is -1.14. The molecule has 0 spiro atoms. The smallest absolute Gasteiger partial charge is 0.346 e. The molecule has 11 heteroatoms. The van der Waals surface area contributed by atoms with E-state index in [2.05, 4.69) is 10.3 Å². The van der Waals surface area contributed by atoms with Gasteiger partial charge >= 0.3 is 5.97 Å². The number of benzene rings is 1. The summed E-state index contributed by atoms with van der Waals surface area (Å²) in [6, 6.07) is 4.11. The lowest BCUT2D eigenvalue weighted by Crippen LogP contribution is -2.31. The van der Waals surface area contributed by atoms with E-state index < -0.39 is 22.4 Å². The molecule has 31 heavy (non-hydrogen) atoms. The molecule has 1 aromatic carbocycles. The molecule has 0 aliphatic carbocycles. The van der Waals surface area contributed by atoms with Crippen LogP contribution < -0.4 is 10.9 Å². The van der Waals surface area contributed by atoms with Crippen molar-refractivity contribution in [3.05, 3.63) is 60.5 Å². The number of nitrogens with zero attached hydrogens (tertiary/aromatic N) is 3. The monoisotopic (exact) mass is 444 g/mol. The van der Waals surface area contributed by atoms with Crippen LogP contribution >= 0.6 is 11.3 Å². The molecule has 0 aliphatic heterocycles. The summed E-state index contributed by atoms with van der Waals surface area (Å²) in [6.45, 7) is 6.49. The van der Waals surface area contributed by atoms with E-state index in [1.807, 2.05) is 13.8 Å². The third kappa shape index (κ3) is 4.17. The zero-order valence-corrected chi connectivity index (χ0v) is 18.1. The lowest BCUT2D eigenvalue weighted by molar-refractivity contribution is -0.384. The molecule has 3 aromatic rings. The highest BCUT2D eigenvalue weighted by atomic mass is 32.1. The van der Waals surface area contributed by atoms with E-state index in [9.17, 15) is 29.6 Å². The predicted molar refractivity (Wildman–Crippen MR) is 116 cm³/mol. The Balaban J connectivity index is 2.04. The van der Waals surface area contributed by atoms with Gasteiger partial charge in [0.05, 0.1) is 16.0 Å². The number of hydrogen-bond acceptors (Lipinski definition) is 7. The third-order valence-electron chi connectivity index (χ3n) is 4.80. The topological polar surface area (TPSA) is 144 Å². The summed E-state index contributed by atoms with van der Waals surface area (Å²) in [5, 5.41) is 23.2. The summed E-state index contributed by atoms with van der Waals surface area (Å²) in [7, 11) is 0. The largest absolute Gasteiger partial charge is 0.477 e. The normalized spacial score (nSPS) is 11.1. The van der Waals surface area contributed by atoms with Gasteiger partial charge < -0.3 is 10.4 Å². The summed E-state index contributed by atoms with van der Waals surface area (Å²) >= 11 is 0.926. The molecule has 0 saturated heterocycles. The van der Waals surface area contributed by atoms with Crippen molar-refractivity contribution in [3.8, 4) is 0 Å². The molecule has 0 atom stereocenters.